The van der Waals surface area contributed by atoms with Crippen molar-refractivity contribution in [1.82, 2.24) is 4.90 Å². The number of carbonyl (C=O) groups excluding carboxylic acids is 1. The first kappa shape index (κ1) is 13.8. The molecule has 1 aliphatic heterocycles. The minimum atomic E-state index is -1.01. The molecule has 0 unspecified atom stereocenters. The first-order valence-electron chi connectivity index (χ1n) is 6.04. The minimum absolute atomic E-state index is 0.0492. The summed E-state index contributed by atoms with van der Waals surface area (Å²) < 4.78 is 0. The fourth-order valence-corrected chi connectivity index (χ4v) is 2.81. The molecule has 1 aromatic rings. The summed E-state index contributed by atoms with van der Waals surface area (Å²) in [6.07, 6.45) is 3.45. The molecule has 1 aliphatic rings. The van der Waals surface area contributed by atoms with E-state index in [1.807, 2.05) is 0 Å². The summed E-state index contributed by atoms with van der Waals surface area (Å²) in [4.78, 5) is 25.6. The van der Waals surface area contributed by atoms with E-state index in [0.29, 0.717) is 30.8 Å². The van der Waals surface area contributed by atoms with Gasteiger partial charge in [-0.3, -0.25) is 4.79 Å². The van der Waals surface area contributed by atoms with E-state index >= 15 is 0 Å². The number of rotatable bonds is 3. The molecular formula is C13H15NO4S. The van der Waals surface area contributed by atoms with Gasteiger partial charge in [0.1, 0.15) is 0 Å². The number of carbonyl (C=O) groups is 2. The van der Waals surface area contributed by atoms with Crippen LogP contribution < -0.4 is 0 Å². The molecule has 1 saturated heterocycles. The number of hydrogen-bond acceptors (Lipinski definition) is 4. The smallest absolute Gasteiger partial charge is 0.328 e. The lowest BCUT2D eigenvalue weighted by atomic mass is 10.1. The molecular weight excluding hydrogens is 266 g/mol. The Morgan fingerprint density at radius 3 is 2.63 bits per heavy atom. The van der Waals surface area contributed by atoms with Crippen molar-refractivity contribution in [1.29, 1.82) is 0 Å². The Morgan fingerprint density at radius 2 is 2.00 bits per heavy atom. The largest absolute Gasteiger partial charge is 0.478 e. The number of hydrogen-bond donors (Lipinski definition) is 2. The quantitative estimate of drug-likeness (QED) is 0.822. The van der Waals surface area contributed by atoms with Gasteiger partial charge < -0.3 is 15.1 Å². The molecule has 1 amide bonds. The van der Waals surface area contributed by atoms with E-state index in [2.05, 4.69) is 0 Å². The average molecular weight is 281 g/mol. The molecule has 19 heavy (non-hydrogen) atoms. The Balaban J connectivity index is 2.02. The molecule has 1 aromatic heterocycles. The SMILES string of the molecule is O=C(O)C=Cc1ccc(C(=O)N2CCC(O)CC2)s1. The highest BCUT2D eigenvalue weighted by molar-refractivity contribution is 7.14. The molecule has 0 radical (unpaired) electrons. The van der Waals surface area contributed by atoms with Gasteiger partial charge in [-0.05, 0) is 31.1 Å². The van der Waals surface area contributed by atoms with E-state index in [1.165, 1.54) is 17.4 Å². The molecule has 6 heteroatoms. The highest BCUT2D eigenvalue weighted by Gasteiger charge is 2.23. The first-order chi connectivity index (χ1) is 9.06. The van der Waals surface area contributed by atoms with Gasteiger partial charge >= 0.3 is 5.97 Å². The maximum atomic E-state index is 12.2. The van der Waals surface area contributed by atoms with Crippen LogP contribution in [0.1, 0.15) is 27.4 Å². The molecule has 1 fully saturated rings. The van der Waals surface area contributed by atoms with E-state index in [4.69, 9.17) is 5.11 Å². The van der Waals surface area contributed by atoms with Crippen LogP contribution in [-0.2, 0) is 4.79 Å². The highest BCUT2D eigenvalue weighted by atomic mass is 32.1. The predicted molar refractivity (Wildman–Crippen MR) is 72.1 cm³/mol. The van der Waals surface area contributed by atoms with E-state index in [9.17, 15) is 14.7 Å². The lowest BCUT2D eigenvalue weighted by Gasteiger charge is -2.29. The molecule has 0 spiro atoms. The van der Waals surface area contributed by atoms with Crippen LogP contribution in [0.2, 0.25) is 0 Å². The molecule has 2 rings (SSSR count). The van der Waals surface area contributed by atoms with E-state index < -0.39 is 5.97 Å². The Hall–Kier alpha value is -1.66. The van der Waals surface area contributed by atoms with Crippen molar-refractivity contribution in [2.45, 2.75) is 18.9 Å². The third kappa shape index (κ3) is 3.65. The molecule has 0 aromatic carbocycles. The van der Waals surface area contributed by atoms with Gasteiger partial charge in [0.2, 0.25) is 0 Å². The Bertz CT molecular complexity index is 500. The molecule has 0 bridgehead atoms. The second kappa shape index (κ2) is 5.99. The number of nitrogens with zero attached hydrogens (tertiary/aromatic N) is 1. The number of amides is 1. The molecule has 5 nitrogen and oxygen atoms in total. The van der Waals surface area contributed by atoms with Crippen molar-refractivity contribution >= 4 is 29.3 Å². The van der Waals surface area contributed by atoms with Crippen molar-refractivity contribution in [3.63, 3.8) is 0 Å². The van der Waals surface area contributed by atoms with Gasteiger partial charge in [-0.15, -0.1) is 11.3 Å². The van der Waals surface area contributed by atoms with Crippen molar-refractivity contribution < 1.29 is 19.8 Å². The number of carboxylic acid groups (broad SMARTS) is 1. The van der Waals surface area contributed by atoms with Gasteiger partial charge in [0.15, 0.2) is 0 Å². The van der Waals surface area contributed by atoms with Crippen molar-refractivity contribution in [3.8, 4) is 0 Å². The van der Waals surface area contributed by atoms with E-state index in [-0.39, 0.29) is 12.0 Å². The van der Waals surface area contributed by atoms with Crippen LogP contribution in [-0.4, -0.2) is 46.2 Å². The van der Waals surface area contributed by atoms with Crippen LogP contribution in [0.4, 0.5) is 0 Å². The number of carboxylic acids is 1. The van der Waals surface area contributed by atoms with E-state index in [1.54, 1.807) is 17.0 Å². The van der Waals surface area contributed by atoms with Crippen LogP contribution in [0, 0.1) is 0 Å². The lowest BCUT2D eigenvalue weighted by molar-refractivity contribution is -0.131. The summed E-state index contributed by atoms with van der Waals surface area (Å²) in [7, 11) is 0. The predicted octanol–water partition coefficient (Wildman–Crippen LogP) is 1.44. The van der Waals surface area contributed by atoms with Crippen LogP contribution in [0.15, 0.2) is 18.2 Å². The molecule has 0 saturated carbocycles. The summed E-state index contributed by atoms with van der Waals surface area (Å²) in [5.74, 6) is -1.06. The first-order valence-corrected chi connectivity index (χ1v) is 6.86. The standard InChI is InChI=1S/C13H15NO4S/c15-9-5-7-14(8-6-9)13(18)11-3-1-10(19-11)2-4-12(16)17/h1-4,9,15H,5-8H2,(H,16,17). The number of piperidine rings is 1. The Morgan fingerprint density at radius 1 is 1.32 bits per heavy atom. The van der Waals surface area contributed by atoms with Gasteiger partial charge in [-0.25, -0.2) is 4.79 Å². The van der Waals surface area contributed by atoms with Crippen LogP contribution >= 0.6 is 11.3 Å². The fourth-order valence-electron chi connectivity index (χ4n) is 1.94. The third-order valence-electron chi connectivity index (χ3n) is 2.98. The van der Waals surface area contributed by atoms with E-state index in [0.717, 1.165) is 11.0 Å². The van der Waals surface area contributed by atoms with Gasteiger partial charge in [-0.2, -0.15) is 0 Å². The molecule has 2 N–H and O–H groups in total. The number of aliphatic carboxylic acids is 1. The van der Waals surface area contributed by atoms with Crippen LogP contribution in [0.5, 0.6) is 0 Å². The second-order valence-corrected chi connectivity index (χ2v) is 5.51. The Labute approximate surface area is 114 Å². The van der Waals surface area contributed by atoms with Crippen molar-refractivity contribution in [3.05, 3.63) is 28.0 Å². The average Bonchev–Trinajstić information content (AvgIpc) is 2.85. The normalized spacial score (nSPS) is 17.0. The van der Waals surface area contributed by atoms with Crippen LogP contribution in [0.3, 0.4) is 0 Å². The van der Waals surface area contributed by atoms with Crippen molar-refractivity contribution in [2.75, 3.05) is 13.1 Å². The summed E-state index contributed by atoms with van der Waals surface area (Å²) in [5, 5.41) is 17.9. The zero-order chi connectivity index (χ0) is 13.8. The maximum Gasteiger partial charge on any atom is 0.328 e. The summed E-state index contributed by atoms with van der Waals surface area (Å²) >= 11 is 1.27. The molecule has 2 heterocycles. The molecule has 0 atom stereocenters. The number of aliphatic hydroxyl groups excluding tert-OH is 1. The monoisotopic (exact) mass is 281 g/mol. The number of thiophene rings is 1. The number of likely N-dealkylation sites (tertiary alicyclic amines) is 1. The lowest BCUT2D eigenvalue weighted by Crippen LogP contribution is -2.39. The highest BCUT2D eigenvalue weighted by Crippen LogP contribution is 2.21. The maximum absolute atomic E-state index is 12.2. The minimum Gasteiger partial charge on any atom is -0.478 e. The zero-order valence-corrected chi connectivity index (χ0v) is 11.1. The van der Waals surface area contributed by atoms with Gasteiger partial charge in [0.25, 0.3) is 5.91 Å². The summed E-state index contributed by atoms with van der Waals surface area (Å²) in [6, 6.07) is 3.44. The summed E-state index contributed by atoms with van der Waals surface area (Å²) in [6.45, 7) is 1.14. The third-order valence-corrected chi connectivity index (χ3v) is 4.02. The topological polar surface area (TPSA) is 77.8 Å². The molecule has 102 valence electrons. The van der Waals surface area contributed by atoms with Crippen molar-refractivity contribution in [2.24, 2.45) is 0 Å². The van der Waals surface area contributed by atoms with Gasteiger partial charge in [0.05, 0.1) is 11.0 Å². The Kier molecular flexibility index (Phi) is 4.34. The fraction of sp³-hybridized carbons (Fsp3) is 0.385. The van der Waals surface area contributed by atoms with Crippen LogP contribution in [0.25, 0.3) is 6.08 Å². The molecule has 0 aliphatic carbocycles. The van der Waals surface area contributed by atoms with Gasteiger partial charge in [-0.1, -0.05) is 0 Å². The summed E-state index contributed by atoms with van der Waals surface area (Å²) in [5.41, 5.74) is 0. The van der Waals surface area contributed by atoms with Gasteiger partial charge in [0, 0.05) is 24.0 Å². The number of aliphatic hydroxyl groups is 1. The zero-order valence-electron chi connectivity index (χ0n) is 10.3. The second-order valence-electron chi connectivity index (χ2n) is 4.40.